The van der Waals surface area contributed by atoms with Crippen molar-refractivity contribution < 1.29 is 14.4 Å². The summed E-state index contributed by atoms with van der Waals surface area (Å²) in [5.41, 5.74) is 6.02. The van der Waals surface area contributed by atoms with Gasteiger partial charge in [-0.3, -0.25) is 14.4 Å². The number of carbonyl (C=O) groups excluding carboxylic acids is 3. The molecule has 0 aliphatic carbocycles. The maximum Gasteiger partial charge on any atom is 0.251 e. The fraction of sp³-hybridized carbons (Fsp3) is 0.438. The quantitative estimate of drug-likeness (QED) is 0.566. The van der Waals surface area contributed by atoms with Gasteiger partial charge >= 0.3 is 0 Å². The van der Waals surface area contributed by atoms with Gasteiger partial charge in [0.2, 0.25) is 11.8 Å². The lowest BCUT2D eigenvalue weighted by Crippen LogP contribution is -2.39. The van der Waals surface area contributed by atoms with E-state index in [9.17, 15) is 14.4 Å². The van der Waals surface area contributed by atoms with E-state index < -0.39 is 5.91 Å². The maximum absolute atomic E-state index is 12.1. The normalized spacial score (nSPS) is 17.1. The first-order valence-corrected chi connectivity index (χ1v) is 8.97. The minimum atomic E-state index is -0.467. The summed E-state index contributed by atoms with van der Waals surface area (Å²) in [4.78, 5) is 34.8. The van der Waals surface area contributed by atoms with Crippen molar-refractivity contribution in [3.05, 3.63) is 29.8 Å². The van der Waals surface area contributed by atoms with E-state index in [0.29, 0.717) is 17.7 Å². The van der Waals surface area contributed by atoms with Gasteiger partial charge in [0, 0.05) is 54.7 Å². The largest absolute Gasteiger partial charge is 0.370 e. The molecule has 1 saturated heterocycles. The molecule has 1 fully saturated rings. The van der Waals surface area contributed by atoms with E-state index in [2.05, 4.69) is 16.0 Å². The fourth-order valence-electron chi connectivity index (χ4n) is 2.33. The second kappa shape index (κ2) is 9.29. The molecule has 5 N–H and O–H groups in total. The van der Waals surface area contributed by atoms with Crippen molar-refractivity contribution >= 4 is 35.2 Å². The SMILES string of the molecule is NC(=O)CCNC(=O)c1cccc(NC(=O)CC2CSCCN2)c1. The molecule has 1 aliphatic rings. The summed E-state index contributed by atoms with van der Waals surface area (Å²) < 4.78 is 0. The number of primary amides is 1. The van der Waals surface area contributed by atoms with Gasteiger partial charge in [0.25, 0.3) is 5.91 Å². The van der Waals surface area contributed by atoms with Crippen LogP contribution in [0.25, 0.3) is 0 Å². The number of amides is 3. The highest BCUT2D eigenvalue weighted by atomic mass is 32.2. The minimum Gasteiger partial charge on any atom is -0.370 e. The van der Waals surface area contributed by atoms with Gasteiger partial charge in [-0.25, -0.2) is 0 Å². The Morgan fingerprint density at radius 3 is 2.88 bits per heavy atom. The first-order chi connectivity index (χ1) is 11.5. The Morgan fingerprint density at radius 1 is 1.33 bits per heavy atom. The van der Waals surface area contributed by atoms with Crippen molar-refractivity contribution in [3.8, 4) is 0 Å². The summed E-state index contributed by atoms with van der Waals surface area (Å²) in [6.45, 7) is 1.11. The smallest absolute Gasteiger partial charge is 0.251 e. The molecule has 1 unspecified atom stereocenters. The second-order valence-electron chi connectivity index (χ2n) is 5.53. The molecule has 130 valence electrons. The molecule has 2 rings (SSSR count). The van der Waals surface area contributed by atoms with E-state index in [-0.39, 0.29) is 30.8 Å². The molecule has 0 radical (unpaired) electrons. The zero-order valence-electron chi connectivity index (χ0n) is 13.3. The van der Waals surface area contributed by atoms with Crippen LogP contribution in [0, 0.1) is 0 Å². The van der Waals surface area contributed by atoms with Gasteiger partial charge in [-0.1, -0.05) is 6.07 Å². The summed E-state index contributed by atoms with van der Waals surface area (Å²) in [6.07, 6.45) is 0.497. The van der Waals surface area contributed by atoms with Crippen molar-refractivity contribution in [1.29, 1.82) is 0 Å². The van der Waals surface area contributed by atoms with E-state index in [1.807, 2.05) is 11.8 Å². The van der Waals surface area contributed by atoms with Crippen molar-refractivity contribution in [2.75, 3.05) is 29.9 Å². The van der Waals surface area contributed by atoms with Gasteiger partial charge < -0.3 is 21.7 Å². The molecule has 1 heterocycles. The lowest BCUT2D eigenvalue weighted by atomic mass is 10.1. The van der Waals surface area contributed by atoms with Gasteiger partial charge in [0.1, 0.15) is 0 Å². The Kier molecular flexibility index (Phi) is 7.07. The summed E-state index contributed by atoms with van der Waals surface area (Å²) >= 11 is 1.84. The molecule has 1 aromatic carbocycles. The number of thioether (sulfide) groups is 1. The van der Waals surface area contributed by atoms with Gasteiger partial charge in [0.15, 0.2) is 0 Å². The molecule has 1 atom stereocenters. The third-order valence-electron chi connectivity index (χ3n) is 3.50. The van der Waals surface area contributed by atoms with Crippen molar-refractivity contribution in [3.63, 3.8) is 0 Å². The summed E-state index contributed by atoms with van der Waals surface area (Å²) in [6, 6.07) is 6.88. The van der Waals surface area contributed by atoms with Gasteiger partial charge in [0.05, 0.1) is 0 Å². The summed E-state index contributed by atoms with van der Waals surface area (Å²) in [5, 5.41) is 8.74. The van der Waals surface area contributed by atoms with E-state index in [1.54, 1.807) is 24.3 Å². The monoisotopic (exact) mass is 350 g/mol. The van der Waals surface area contributed by atoms with Crippen LogP contribution in [0.15, 0.2) is 24.3 Å². The molecule has 7 nitrogen and oxygen atoms in total. The highest BCUT2D eigenvalue weighted by Crippen LogP contribution is 2.14. The second-order valence-corrected chi connectivity index (χ2v) is 6.68. The average Bonchev–Trinajstić information content (AvgIpc) is 2.55. The molecule has 0 aromatic heterocycles. The number of carbonyl (C=O) groups is 3. The third-order valence-corrected chi connectivity index (χ3v) is 4.63. The first kappa shape index (κ1) is 18.3. The molecule has 8 heteroatoms. The highest BCUT2D eigenvalue weighted by molar-refractivity contribution is 7.99. The van der Waals surface area contributed by atoms with Gasteiger partial charge in [-0.15, -0.1) is 0 Å². The van der Waals surface area contributed by atoms with E-state index in [4.69, 9.17) is 5.73 Å². The van der Waals surface area contributed by atoms with Crippen LogP contribution in [0.5, 0.6) is 0 Å². The number of anilines is 1. The van der Waals surface area contributed by atoms with Gasteiger partial charge in [-0.2, -0.15) is 11.8 Å². The van der Waals surface area contributed by atoms with E-state index >= 15 is 0 Å². The van der Waals surface area contributed by atoms with E-state index in [0.717, 1.165) is 18.1 Å². The van der Waals surface area contributed by atoms with Crippen LogP contribution < -0.4 is 21.7 Å². The number of benzene rings is 1. The fourth-order valence-corrected chi connectivity index (χ4v) is 3.28. The molecule has 3 amide bonds. The molecule has 24 heavy (non-hydrogen) atoms. The summed E-state index contributed by atoms with van der Waals surface area (Å²) in [7, 11) is 0. The molecule has 0 saturated carbocycles. The van der Waals surface area contributed by atoms with Crippen LogP contribution in [-0.2, 0) is 9.59 Å². The zero-order chi connectivity index (χ0) is 17.4. The number of nitrogens with one attached hydrogen (secondary N) is 3. The number of rotatable bonds is 7. The Morgan fingerprint density at radius 2 is 2.17 bits per heavy atom. The molecule has 1 aromatic rings. The van der Waals surface area contributed by atoms with Gasteiger partial charge in [-0.05, 0) is 18.2 Å². The molecule has 0 spiro atoms. The van der Waals surface area contributed by atoms with Crippen LogP contribution in [-0.4, -0.2) is 48.4 Å². The van der Waals surface area contributed by atoms with Crippen LogP contribution >= 0.6 is 11.8 Å². The number of hydrogen-bond acceptors (Lipinski definition) is 5. The molecule has 0 bridgehead atoms. The Hall–Kier alpha value is -2.06. The Balaban J connectivity index is 1.85. The van der Waals surface area contributed by atoms with Crippen molar-refractivity contribution in [2.45, 2.75) is 18.9 Å². The zero-order valence-corrected chi connectivity index (χ0v) is 14.2. The highest BCUT2D eigenvalue weighted by Gasteiger charge is 2.17. The standard InChI is InChI=1S/C16H22N4O3S/c17-14(21)4-5-19-16(23)11-2-1-3-12(8-11)20-15(22)9-13-10-24-7-6-18-13/h1-3,8,13,18H,4-7,9-10H2,(H2,17,21)(H,19,23)(H,20,22). The lowest BCUT2D eigenvalue weighted by molar-refractivity contribution is -0.118. The first-order valence-electron chi connectivity index (χ1n) is 7.82. The lowest BCUT2D eigenvalue weighted by Gasteiger charge is -2.22. The average molecular weight is 350 g/mol. The van der Waals surface area contributed by atoms with Crippen LogP contribution in [0.4, 0.5) is 5.69 Å². The predicted molar refractivity (Wildman–Crippen MR) is 94.9 cm³/mol. The molecular formula is C16H22N4O3S. The predicted octanol–water partition coefficient (Wildman–Crippen LogP) is 0.325. The van der Waals surface area contributed by atoms with Crippen LogP contribution in [0.3, 0.4) is 0 Å². The minimum absolute atomic E-state index is 0.0821. The van der Waals surface area contributed by atoms with Crippen LogP contribution in [0.1, 0.15) is 23.2 Å². The molecular weight excluding hydrogens is 328 g/mol. The number of hydrogen-bond donors (Lipinski definition) is 4. The summed E-state index contributed by atoms with van der Waals surface area (Å²) in [5.74, 6) is 1.14. The van der Waals surface area contributed by atoms with Crippen LogP contribution in [0.2, 0.25) is 0 Å². The van der Waals surface area contributed by atoms with E-state index in [1.165, 1.54) is 0 Å². The molecule has 1 aliphatic heterocycles. The van der Waals surface area contributed by atoms with Crippen molar-refractivity contribution in [2.24, 2.45) is 5.73 Å². The Labute approximate surface area is 145 Å². The third kappa shape index (κ3) is 6.21. The number of nitrogens with two attached hydrogens (primary N) is 1. The maximum atomic E-state index is 12.1. The Bertz CT molecular complexity index is 603. The topological polar surface area (TPSA) is 113 Å². The van der Waals surface area contributed by atoms with Crippen molar-refractivity contribution in [1.82, 2.24) is 10.6 Å².